The van der Waals surface area contributed by atoms with Gasteiger partial charge in [0.1, 0.15) is 0 Å². The standard InChI is InChI=1S/C19H20N4O2S/c1-12(2)10-18(24)20-13-5-7-14(8-6-13)21-19(25)16-11-15(22-23-16)17-4-3-9-26-17/h3-9,11-12H,10H2,1-2H3,(H,20,24)(H,21,25)(H,22,23). The van der Waals surface area contributed by atoms with Crippen LogP contribution in [-0.2, 0) is 4.79 Å². The summed E-state index contributed by atoms with van der Waals surface area (Å²) in [6, 6.07) is 12.6. The molecule has 0 aliphatic carbocycles. The molecule has 2 aromatic heterocycles. The average molecular weight is 368 g/mol. The first-order chi connectivity index (χ1) is 12.5. The largest absolute Gasteiger partial charge is 0.326 e. The van der Waals surface area contributed by atoms with Crippen LogP contribution in [0.4, 0.5) is 11.4 Å². The van der Waals surface area contributed by atoms with E-state index in [2.05, 4.69) is 20.8 Å². The number of carbonyl (C=O) groups excluding carboxylic acids is 2. The number of aromatic nitrogens is 2. The molecule has 134 valence electrons. The van der Waals surface area contributed by atoms with Gasteiger partial charge in [0.2, 0.25) is 5.91 Å². The van der Waals surface area contributed by atoms with E-state index in [1.54, 1.807) is 41.7 Å². The van der Waals surface area contributed by atoms with Gasteiger partial charge in [0, 0.05) is 17.8 Å². The third-order valence-electron chi connectivity index (χ3n) is 3.62. The fraction of sp³-hybridized carbons (Fsp3) is 0.211. The second kappa shape index (κ2) is 7.97. The molecule has 2 heterocycles. The Morgan fingerprint density at radius 2 is 1.81 bits per heavy atom. The summed E-state index contributed by atoms with van der Waals surface area (Å²) in [6.07, 6.45) is 0.476. The monoisotopic (exact) mass is 368 g/mol. The van der Waals surface area contributed by atoms with Crippen molar-refractivity contribution in [2.45, 2.75) is 20.3 Å². The number of aromatic amines is 1. The molecule has 26 heavy (non-hydrogen) atoms. The summed E-state index contributed by atoms with van der Waals surface area (Å²) in [4.78, 5) is 25.1. The number of amides is 2. The maximum absolute atomic E-state index is 12.3. The highest BCUT2D eigenvalue weighted by Crippen LogP contribution is 2.23. The smallest absolute Gasteiger partial charge is 0.276 e. The number of carbonyl (C=O) groups is 2. The number of H-pyrrole nitrogens is 1. The maximum Gasteiger partial charge on any atom is 0.276 e. The van der Waals surface area contributed by atoms with Crippen LogP contribution in [0, 0.1) is 5.92 Å². The van der Waals surface area contributed by atoms with E-state index in [0.29, 0.717) is 29.4 Å². The minimum absolute atomic E-state index is 0.0191. The third kappa shape index (κ3) is 4.58. The molecule has 0 aliphatic heterocycles. The first kappa shape index (κ1) is 17.9. The Hall–Kier alpha value is -2.93. The fourth-order valence-electron chi connectivity index (χ4n) is 2.41. The average Bonchev–Trinajstić information content (AvgIpc) is 3.27. The van der Waals surface area contributed by atoms with E-state index >= 15 is 0 Å². The van der Waals surface area contributed by atoms with Crippen LogP contribution in [-0.4, -0.2) is 22.0 Å². The molecule has 0 atom stereocenters. The molecular weight excluding hydrogens is 348 g/mol. The molecular formula is C19H20N4O2S. The van der Waals surface area contributed by atoms with E-state index in [0.717, 1.165) is 10.6 Å². The predicted octanol–water partition coefficient (Wildman–Crippen LogP) is 4.38. The Morgan fingerprint density at radius 1 is 1.12 bits per heavy atom. The molecule has 3 aromatic rings. The molecule has 0 spiro atoms. The molecule has 0 unspecified atom stereocenters. The number of hydrogen-bond acceptors (Lipinski definition) is 4. The van der Waals surface area contributed by atoms with E-state index in [-0.39, 0.29) is 11.8 Å². The van der Waals surface area contributed by atoms with E-state index in [9.17, 15) is 9.59 Å². The highest BCUT2D eigenvalue weighted by Gasteiger charge is 2.12. The molecule has 0 saturated heterocycles. The first-order valence-corrected chi connectivity index (χ1v) is 9.20. The van der Waals surface area contributed by atoms with Crippen molar-refractivity contribution in [3.63, 3.8) is 0 Å². The number of anilines is 2. The molecule has 3 N–H and O–H groups in total. The second-order valence-electron chi connectivity index (χ2n) is 6.32. The van der Waals surface area contributed by atoms with Gasteiger partial charge in [-0.3, -0.25) is 14.7 Å². The van der Waals surface area contributed by atoms with E-state index in [4.69, 9.17) is 0 Å². The van der Waals surface area contributed by atoms with Crippen molar-refractivity contribution < 1.29 is 9.59 Å². The summed E-state index contributed by atoms with van der Waals surface area (Å²) in [7, 11) is 0. The SMILES string of the molecule is CC(C)CC(=O)Nc1ccc(NC(=O)c2cc(-c3cccs3)[nH]n2)cc1. The van der Waals surface area contributed by atoms with Crippen molar-refractivity contribution in [2.24, 2.45) is 5.92 Å². The number of hydrogen-bond donors (Lipinski definition) is 3. The van der Waals surface area contributed by atoms with Gasteiger partial charge in [-0.05, 0) is 47.7 Å². The Labute approximate surface area is 155 Å². The molecule has 0 saturated carbocycles. The van der Waals surface area contributed by atoms with Crippen LogP contribution in [0.2, 0.25) is 0 Å². The Morgan fingerprint density at radius 3 is 2.42 bits per heavy atom. The summed E-state index contributed by atoms with van der Waals surface area (Å²) in [5, 5.41) is 14.5. The predicted molar refractivity (Wildman–Crippen MR) is 104 cm³/mol. The molecule has 3 rings (SSSR count). The lowest BCUT2D eigenvalue weighted by molar-refractivity contribution is -0.116. The highest BCUT2D eigenvalue weighted by molar-refractivity contribution is 7.13. The fourth-order valence-corrected chi connectivity index (χ4v) is 3.10. The van der Waals surface area contributed by atoms with Gasteiger partial charge in [0.15, 0.2) is 5.69 Å². The van der Waals surface area contributed by atoms with Gasteiger partial charge in [-0.25, -0.2) is 0 Å². The van der Waals surface area contributed by atoms with Crippen molar-refractivity contribution in [1.82, 2.24) is 10.2 Å². The zero-order valence-electron chi connectivity index (χ0n) is 14.6. The number of nitrogens with one attached hydrogen (secondary N) is 3. The van der Waals surface area contributed by atoms with E-state index in [1.807, 2.05) is 31.4 Å². The van der Waals surface area contributed by atoms with Gasteiger partial charge >= 0.3 is 0 Å². The Balaban J connectivity index is 1.60. The molecule has 1 aromatic carbocycles. The number of nitrogens with zero attached hydrogens (tertiary/aromatic N) is 1. The number of thiophene rings is 1. The normalized spacial score (nSPS) is 10.7. The summed E-state index contributed by atoms with van der Waals surface area (Å²) < 4.78 is 0. The van der Waals surface area contributed by atoms with Crippen LogP contribution in [0.5, 0.6) is 0 Å². The van der Waals surface area contributed by atoms with Crippen molar-refractivity contribution in [3.8, 4) is 10.6 Å². The summed E-state index contributed by atoms with van der Waals surface area (Å²) in [5.74, 6) is -0.00320. The van der Waals surface area contributed by atoms with Crippen LogP contribution in [0.1, 0.15) is 30.8 Å². The lowest BCUT2D eigenvalue weighted by atomic mass is 10.1. The lowest BCUT2D eigenvalue weighted by Crippen LogP contribution is -2.14. The van der Waals surface area contributed by atoms with Crippen molar-refractivity contribution in [1.29, 1.82) is 0 Å². The van der Waals surface area contributed by atoms with E-state index < -0.39 is 0 Å². The quantitative estimate of drug-likeness (QED) is 0.603. The molecule has 0 radical (unpaired) electrons. The minimum atomic E-state index is -0.291. The Bertz CT molecular complexity index is 883. The molecule has 2 amide bonds. The minimum Gasteiger partial charge on any atom is -0.326 e. The van der Waals surface area contributed by atoms with Crippen molar-refractivity contribution in [3.05, 3.63) is 53.5 Å². The molecule has 0 fully saturated rings. The first-order valence-electron chi connectivity index (χ1n) is 8.32. The summed E-state index contributed by atoms with van der Waals surface area (Å²) in [6.45, 7) is 3.99. The summed E-state index contributed by atoms with van der Waals surface area (Å²) in [5.41, 5.74) is 2.47. The molecule has 0 bridgehead atoms. The van der Waals surface area contributed by atoms with Crippen LogP contribution in [0.25, 0.3) is 10.6 Å². The van der Waals surface area contributed by atoms with Gasteiger partial charge in [0.25, 0.3) is 5.91 Å². The molecule has 0 aliphatic rings. The topological polar surface area (TPSA) is 86.9 Å². The number of benzene rings is 1. The van der Waals surface area contributed by atoms with Crippen LogP contribution in [0.3, 0.4) is 0 Å². The van der Waals surface area contributed by atoms with Gasteiger partial charge < -0.3 is 10.6 Å². The highest BCUT2D eigenvalue weighted by atomic mass is 32.1. The van der Waals surface area contributed by atoms with Gasteiger partial charge in [0.05, 0.1) is 10.6 Å². The third-order valence-corrected chi connectivity index (χ3v) is 4.52. The van der Waals surface area contributed by atoms with Crippen molar-refractivity contribution in [2.75, 3.05) is 10.6 Å². The van der Waals surface area contributed by atoms with Crippen LogP contribution >= 0.6 is 11.3 Å². The van der Waals surface area contributed by atoms with Gasteiger partial charge in [-0.2, -0.15) is 5.10 Å². The molecule has 7 heteroatoms. The Kier molecular flexibility index (Phi) is 5.48. The van der Waals surface area contributed by atoms with Crippen LogP contribution < -0.4 is 10.6 Å². The lowest BCUT2D eigenvalue weighted by Gasteiger charge is -2.08. The zero-order valence-corrected chi connectivity index (χ0v) is 15.4. The zero-order chi connectivity index (χ0) is 18.5. The van der Waals surface area contributed by atoms with Crippen LogP contribution in [0.15, 0.2) is 47.8 Å². The maximum atomic E-state index is 12.3. The van der Waals surface area contributed by atoms with Gasteiger partial charge in [-0.15, -0.1) is 11.3 Å². The second-order valence-corrected chi connectivity index (χ2v) is 7.27. The van der Waals surface area contributed by atoms with Gasteiger partial charge in [-0.1, -0.05) is 19.9 Å². The van der Waals surface area contributed by atoms with Crippen molar-refractivity contribution >= 4 is 34.5 Å². The molecule has 6 nitrogen and oxygen atoms in total. The number of rotatable bonds is 6. The van der Waals surface area contributed by atoms with E-state index in [1.165, 1.54) is 0 Å². The summed E-state index contributed by atoms with van der Waals surface area (Å²) >= 11 is 1.58.